The van der Waals surface area contributed by atoms with Crippen molar-refractivity contribution in [3.05, 3.63) is 131 Å². The zero-order valence-electron chi connectivity index (χ0n) is 25.0. The normalized spacial score (nSPS) is 20.2. The second-order valence-electron chi connectivity index (χ2n) is 10.8. The van der Waals surface area contributed by atoms with Gasteiger partial charge in [0, 0.05) is 0 Å². The largest absolute Gasteiger partial charge is 0.426 e. The van der Waals surface area contributed by atoms with Gasteiger partial charge in [0.1, 0.15) is 17.4 Å². The van der Waals surface area contributed by atoms with Crippen molar-refractivity contribution in [3.8, 4) is 11.5 Å². The van der Waals surface area contributed by atoms with Gasteiger partial charge in [-0.3, -0.25) is 4.79 Å². The van der Waals surface area contributed by atoms with Crippen molar-refractivity contribution in [3.63, 3.8) is 0 Å². The van der Waals surface area contributed by atoms with Crippen LogP contribution in [-0.2, 0) is 19.3 Å². The van der Waals surface area contributed by atoms with E-state index in [9.17, 15) is 9.59 Å². The van der Waals surface area contributed by atoms with Gasteiger partial charge in [0.15, 0.2) is 6.10 Å². The van der Waals surface area contributed by atoms with E-state index in [1.54, 1.807) is 31.2 Å². The number of rotatable bonds is 6. The summed E-state index contributed by atoms with van der Waals surface area (Å²) in [4.78, 5) is 35.7. The standard InChI is InChI=1S/2C18H17NO3/c1-12-8-10-15(11-9-12)21-18(20)16-13(2)19-22-17(16)14-6-4-3-5-7-14;1-12-8-10-15(11-9-12)21-18(20)17-16(13(2)19-22-17)14-6-4-3-5-7-14/h2*3-11,16-17H,1-2H3/t16-,17?;16?,17-/m01/s1. The number of benzene rings is 4. The van der Waals surface area contributed by atoms with Gasteiger partial charge in [0.25, 0.3) is 0 Å². The zero-order chi connectivity index (χ0) is 31.1. The van der Waals surface area contributed by atoms with Crippen molar-refractivity contribution in [1.82, 2.24) is 0 Å². The van der Waals surface area contributed by atoms with Crippen molar-refractivity contribution in [2.45, 2.75) is 45.8 Å². The van der Waals surface area contributed by atoms with Gasteiger partial charge >= 0.3 is 11.9 Å². The van der Waals surface area contributed by atoms with Crippen LogP contribution < -0.4 is 9.47 Å². The Balaban J connectivity index is 0.000000175. The fourth-order valence-corrected chi connectivity index (χ4v) is 4.97. The van der Waals surface area contributed by atoms with E-state index < -0.39 is 24.1 Å². The maximum Gasteiger partial charge on any atom is 0.356 e. The molecule has 8 nitrogen and oxygen atoms in total. The lowest BCUT2D eigenvalue weighted by molar-refractivity contribution is -0.146. The first-order valence-corrected chi connectivity index (χ1v) is 14.4. The van der Waals surface area contributed by atoms with Gasteiger partial charge < -0.3 is 19.1 Å². The molecular formula is C36H34N2O6. The van der Waals surface area contributed by atoms with Crippen LogP contribution in [0.1, 0.15) is 48.1 Å². The van der Waals surface area contributed by atoms with Crippen molar-refractivity contribution in [1.29, 1.82) is 0 Å². The number of esters is 2. The Morgan fingerprint density at radius 1 is 0.568 bits per heavy atom. The molecule has 0 aromatic heterocycles. The smallest absolute Gasteiger partial charge is 0.356 e. The third-order valence-electron chi connectivity index (χ3n) is 7.38. The van der Waals surface area contributed by atoms with E-state index >= 15 is 0 Å². The molecule has 0 amide bonds. The van der Waals surface area contributed by atoms with Crippen LogP contribution in [0.2, 0.25) is 0 Å². The SMILES string of the molecule is CC1=NOC(c2ccccc2)[C@H]1C(=O)Oc1ccc(C)cc1.CC1=NO[C@@H](C(=O)Oc2ccc(C)cc2)C1c1ccccc1. The van der Waals surface area contributed by atoms with E-state index in [4.69, 9.17) is 19.1 Å². The van der Waals surface area contributed by atoms with Crippen LogP contribution in [0.5, 0.6) is 11.5 Å². The van der Waals surface area contributed by atoms with Crippen LogP contribution in [0.3, 0.4) is 0 Å². The average molecular weight is 591 g/mol. The first-order valence-electron chi connectivity index (χ1n) is 14.4. The Morgan fingerprint density at radius 3 is 1.59 bits per heavy atom. The molecule has 4 aromatic carbocycles. The summed E-state index contributed by atoms with van der Waals surface area (Å²) in [6.07, 6.45) is -1.18. The highest BCUT2D eigenvalue weighted by molar-refractivity contribution is 6.03. The molecule has 8 heteroatoms. The minimum atomic E-state index is -0.747. The van der Waals surface area contributed by atoms with Gasteiger partial charge in [-0.2, -0.15) is 0 Å². The van der Waals surface area contributed by atoms with Crippen LogP contribution in [0.15, 0.2) is 120 Å². The lowest BCUT2D eigenvalue weighted by Gasteiger charge is -2.17. The second-order valence-corrected chi connectivity index (χ2v) is 10.8. The molecule has 0 bridgehead atoms. The van der Waals surface area contributed by atoms with E-state index in [-0.39, 0.29) is 11.9 Å². The Morgan fingerprint density at radius 2 is 1.05 bits per heavy atom. The van der Waals surface area contributed by atoms with E-state index in [1.165, 1.54) is 0 Å². The molecule has 6 rings (SSSR count). The van der Waals surface area contributed by atoms with Gasteiger partial charge in [0.2, 0.25) is 6.10 Å². The first-order chi connectivity index (χ1) is 21.3. The summed E-state index contributed by atoms with van der Waals surface area (Å²) in [6.45, 7) is 7.60. The van der Waals surface area contributed by atoms with E-state index in [0.717, 1.165) is 28.0 Å². The molecule has 0 aliphatic carbocycles. The molecule has 2 heterocycles. The third kappa shape index (κ3) is 7.21. The maximum absolute atomic E-state index is 12.5. The summed E-state index contributed by atoms with van der Waals surface area (Å²) in [7, 11) is 0. The molecule has 0 radical (unpaired) electrons. The maximum atomic E-state index is 12.5. The molecule has 2 aliphatic rings. The number of oxime groups is 2. The lowest BCUT2D eigenvalue weighted by atomic mass is 9.90. The molecule has 0 N–H and O–H groups in total. The van der Waals surface area contributed by atoms with Gasteiger partial charge in [-0.25, -0.2) is 4.79 Å². The average Bonchev–Trinajstić information content (AvgIpc) is 3.63. The van der Waals surface area contributed by atoms with Crippen molar-refractivity contribution in [2.75, 3.05) is 0 Å². The molecular weight excluding hydrogens is 556 g/mol. The summed E-state index contributed by atoms with van der Waals surface area (Å²) in [6, 6.07) is 34.0. The quantitative estimate of drug-likeness (QED) is 0.175. The minimum Gasteiger partial charge on any atom is -0.426 e. The summed E-state index contributed by atoms with van der Waals surface area (Å²) in [5, 5.41) is 7.94. The highest BCUT2D eigenvalue weighted by Gasteiger charge is 2.41. The fourth-order valence-electron chi connectivity index (χ4n) is 4.97. The number of nitrogens with zero attached hydrogens (tertiary/aromatic N) is 2. The van der Waals surface area contributed by atoms with E-state index in [1.807, 2.05) is 106 Å². The molecule has 0 spiro atoms. The number of hydrogen-bond donors (Lipinski definition) is 0. The minimum absolute atomic E-state index is 0.209. The summed E-state index contributed by atoms with van der Waals surface area (Å²) < 4.78 is 10.9. The molecule has 0 fully saturated rings. The van der Waals surface area contributed by atoms with Gasteiger partial charge in [-0.05, 0) is 63.1 Å². The van der Waals surface area contributed by atoms with Crippen molar-refractivity contribution >= 4 is 23.4 Å². The van der Waals surface area contributed by atoms with Crippen molar-refractivity contribution in [2.24, 2.45) is 16.2 Å². The molecule has 44 heavy (non-hydrogen) atoms. The Hall–Kier alpha value is -5.24. The van der Waals surface area contributed by atoms with Crippen LogP contribution in [-0.4, -0.2) is 29.5 Å². The second kappa shape index (κ2) is 13.8. The number of aryl methyl sites for hydroxylation is 2. The molecule has 224 valence electrons. The van der Waals surface area contributed by atoms with Crippen molar-refractivity contribution < 1.29 is 28.7 Å². The topological polar surface area (TPSA) is 95.8 Å². The molecule has 4 atom stereocenters. The fraction of sp³-hybridized carbons (Fsp3) is 0.222. The van der Waals surface area contributed by atoms with Gasteiger partial charge in [-0.15, -0.1) is 0 Å². The van der Waals surface area contributed by atoms with Crippen LogP contribution in [0, 0.1) is 19.8 Å². The highest BCUT2D eigenvalue weighted by Crippen LogP contribution is 2.34. The monoisotopic (exact) mass is 590 g/mol. The first kappa shape index (κ1) is 30.2. The van der Waals surface area contributed by atoms with Gasteiger partial charge in [-0.1, -0.05) is 106 Å². The molecule has 2 unspecified atom stereocenters. The van der Waals surface area contributed by atoms with E-state index in [0.29, 0.717) is 17.2 Å². The number of ether oxygens (including phenoxy) is 2. The molecule has 4 aromatic rings. The third-order valence-corrected chi connectivity index (χ3v) is 7.38. The Bertz CT molecular complexity index is 1630. The molecule has 2 aliphatic heterocycles. The number of carbonyl (C=O) groups excluding carboxylic acids is 2. The molecule has 0 saturated carbocycles. The highest BCUT2D eigenvalue weighted by atomic mass is 16.7. The predicted octanol–water partition coefficient (Wildman–Crippen LogP) is 7.12. The summed E-state index contributed by atoms with van der Waals surface area (Å²) >= 11 is 0. The Kier molecular flexibility index (Phi) is 9.49. The Labute approximate surface area is 256 Å². The van der Waals surface area contributed by atoms with Gasteiger partial charge in [0.05, 0.1) is 17.3 Å². The lowest BCUT2D eigenvalue weighted by Crippen LogP contribution is -2.32. The van der Waals surface area contributed by atoms with E-state index in [2.05, 4.69) is 10.3 Å². The summed E-state index contributed by atoms with van der Waals surface area (Å²) in [5.74, 6) is -0.477. The number of hydrogen-bond acceptors (Lipinski definition) is 8. The predicted molar refractivity (Wildman–Crippen MR) is 168 cm³/mol. The van der Waals surface area contributed by atoms with Crippen LogP contribution >= 0.6 is 0 Å². The summed E-state index contributed by atoms with van der Waals surface area (Å²) in [5.41, 5.74) is 5.53. The molecule has 0 saturated heterocycles. The van der Waals surface area contributed by atoms with Crippen LogP contribution in [0.25, 0.3) is 0 Å². The number of carbonyl (C=O) groups is 2. The van der Waals surface area contributed by atoms with Crippen LogP contribution in [0.4, 0.5) is 0 Å². The zero-order valence-corrected chi connectivity index (χ0v) is 25.0.